The van der Waals surface area contributed by atoms with E-state index >= 15 is 0 Å². The molecule has 3 nitrogen and oxygen atoms in total. The second kappa shape index (κ2) is 3.64. The summed E-state index contributed by atoms with van der Waals surface area (Å²) in [7, 11) is 0. The fourth-order valence-electron chi connectivity index (χ4n) is 1.76. The van der Waals surface area contributed by atoms with Crippen LogP contribution in [-0.2, 0) is 5.67 Å². The van der Waals surface area contributed by atoms with E-state index in [0.29, 0.717) is 16.9 Å². The molecule has 1 aromatic carbocycles. The highest BCUT2D eigenvalue weighted by Crippen LogP contribution is 2.34. The Balaban J connectivity index is 2.45. The van der Waals surface area contributed by atoms with Crippen LogP contribution in [0.4, 0.5) is 10.1 Å². The van der Waals surface area contributed by atoms with Gasteiger partial charge in [-0.15, -0.1) is 0 Å². The normalized spacial score (nSPS) is 28.9. The number of hydrogen-bond acceptors (Lipinski definition) is 3. The molecule has 0 amide bonds. The molecule has 2 atom stereocenters. The summed E-state index contributed by atoms with van der Waals surface area (Å²) in [6.45, 7) is 0. The van der Waals surface area contributed by atoms with Crippen molar-refractivity contribution in [1.29, 1.82) is 0 Å². The molecule has 2 unspecified atom stereocenters. The Hall–Kier alpha value is -1.81. The first-order chi connectivity index (χ1) is 7.52. The topological polar surface area (TPSA) is 78.1 Å². The van der Waals surface area contributed by atoms with E-state index in [2.05, 4.69) is 0 Å². The van der Waals surface area contributed by atoms with E-state index < -0.39 is 11.7 Å². The van der Waals surface area contributed by atoms with Gasteiger partial charge in [0.1, 0.15) is 0 Å². The Morgan fingerprint density at radius 2 is 1.75 bits per heavy atom. The van der Waals surface area contributed by atoms with Crippen molar-refractivity contribution in [3.63, 3.8) is 0 Å². The van der Waals surface area contributed by atoms with Crippen LogP contribution in [0.3, 0.4) is 0 Å². The van der Waals surface area contributed by atoms with Crippen molar-refractivity contribution in [2.24, 2.45) is 11.5 Å². The fraction of sp³-hybridized carbons (Fsp3) is 0.167. The van der Waals surface area contributed by atoms with Crippen LogP contribution < -0.4 is 17.2 Å². The molecule has 0 fully saturated rings. The van der Waals surface area contributed by atoms with Crippen LogP contribution in [0.1, 0.15) is 5.56 Å². The number of rotatable bonds is 1. The van der Waals surface area contributed by atoms with Gasteiger partial charge in [0.15, 0.2) is 5.67 Å². The van der Waals surface area contributed by atoms with Crippen molar-refractivity contribution in [2.75, 3.05) is 5.73 Å². The second-order valence-electron chi connectivity index (χ2n) is 3.92. The molecule has 0 bridgehead atoms. The Kier molecular flexibility index (Phi) is 2.44. The lowest BCUT2D eigenvalue weighted by molar-refractivity contribution is 0.207. The summed E-state index contributed by atoms with van der Waals surface area (Å²) < 4.78 is 14.7. The van der Waals surface area contributed by atoms with E-state index in [9.17, 15) is 4.39 Å². The van der Waals surface area contributed by atoms with E-state index in [1.807, 2.05) is 0 Å². The van der Waals surface area contributed by atoms with Gasteiger partial charge in [0.05, 0.1) is 6.04 Å². The van der Waals surface area contributed by atoms with E-state index in [0.717, 1.165) is 0 Å². The van der Waals surface area contributed by atoms with Crippen LogP contribution in [0.25, 0.3) is 0 Å². The number of anilines is 1. The van der Waals surface area contributed by atoms with Crippen LogP contribution in [0, 0.1) is 0 Å². The third-order valence-corrected chi connectivity index (χ3v) is 2.71. The van der Waals surface area contributed by atoms with Crippen LogP contribution >= 0.6 is 0 Å². The van der Waals surface area contributed by atoms with E-state index in [1.54, 1.807) is 36.4 Å². The summed E-state index contributed by atoms with van der Waals surface area (Å²) in [6, 6.07) is 5.80. The molecule has 1 aromatic rings. The molecule has 0 aromatic heterocycles. The summed E-state index contributed by atoms with van der Waals surface area (Å²) in [5, 5.41) is 0. The van der Waals surface area contributed by atoms with Gasteiger partial charge in [-0.1, -0.05) is 18.2 Å². The van der Waals surface area contributed by atoms with Crippen molar-refractivity contribution < 1.29 is 4.39 Å². The number of benzene rings is 1. The lowest BCUT2D eigenvalue weighted by Crippen LogP contribution is -2.41. The second-order valence-corrected chi connectivity index (χ2v) is 3.92. The molecular formula is C12H14FN3. The lowest BCUT2D eigenvalue weighted by atomic mass is 9.84. The third-order valence-electron chi connectivity index (χ3n) is 2.71. The van der Waals surface area contributed by atoms with E-state index in [1.165, 1.54) is 6.08 Å². The first-order valence-corrected chi connectivity index (χ1v) is 4.99. The molecular weight excluding hydrogens is 205 g/mol. The summed E-state index contributed by atoms with van der Waals surface area (Å²) in [5.74, 6) is 0. The van der Waals surface area contributed by atoms with Crippen LogP contribution in [-0.4, -0.2) is 6.04 Å². The minimum atomic E-state index is -1.76. The van der Waals surface area contributed by atoms with Gasteiger partial charge in [-0.05, 0) is 29.8 Å². The average Bonchev–Trinajstić information content (AvgIpc) is 2.25. The third kappa shape index (κ3) is 1.67. The molecule has 0 saturated carbocycles. The monoisotopic (exact) mass is 219 g/mol. The first-order valence-electron chi connectivity index (χ1n) is 4.99. The minimum Gasteiger partial charge on any atom is -0.399 e. The Bertz CT molecular complexity index is 450. The molecule has 4 heteroatoms. The molecule has 1 aliphatic carbocycles. The fourth-order valence-corrected chi connectivity index (χ4v) is 1.76. The zero-order chi connectivity index (χ0) is 11.8. The van der Waals surface area contributed by atoms with Crippen LogP contribution in [0.15, 0.2) is 48.2 Å². The molecule has 0 aliphatic heterocycles. The Labute approximate surface area is 93.4 Å². The van der Waals surface area contributed by atoms with Gasteiger partial charge in [-0.3, -0.25) is 0 Å². The molecule has 0 heterocycles. The standard InChI is InChI=1S/C12H14FN3/c13-12(7-10(15)5-6-11(12)16)8-1-3-9(14)4-2-8/h1-7,11H,14-16H2. The smallest absolute Gasteiger partial charge is 0.174 e. The summed E-state index contributed by atoms with van der Waals surface area (Å²) in [6.07, 6.45) is 4.51. The van der Waals surface area contributed by atoms with Gasteiger partial charge in [-0.25, -0.2) is 4.39 Å². The van der Waals surface area contributed by atoms with Gasteiger partial charge in [0, 0.05) is 11.4 Å². The SMILES string of the molecule is NC1=CC(F)(c2ccc(N)cc2)C(N)C=C1. The van der Waals surface area contributed by atoms with Gasteiger partial charge in [0.25, 0.3) is 0 Å². The minimum absolute atomic E-state index is 0.376. The summed E-state index contributed by atoms with van der Waals surface area (Å²) in [5.41, 5.74) is 16.6. The zero-order valence-electron chi connectivity index (χ0n) is 8.73. The maximum Gasteiger partial charge on any atom is 0.174 e. The predicted octanol–water partition coefficient (Wildman–Crippen LogP) is 1.17. The van der Waals surface area contributed by atoms with Crippen molar-refractivity contribution in [2.45, 2.75) is 11.7 Å². The maximum absolute atomic E-state index is 14.7. The van der Waals surface area contributed by atoms with Crippen LogP contribution in [0.2, 0.25) is 0 Å². The van der Waals surface area contributed by atoms with E-state index in [4.69, 9.17) is 17.2 Å². The number of hydrogen-bond donors (Lipinski definition) is 3. The van der Waals surface area contributed by atoms with Crippen molar-refractivity contribution in [1.82, 2.24) is 0 Å². The Morgan fingerprint density at radius 1 is 1.12 bits per heavy atom. The van der Waals surface area contributed by atoms with Gasteiger partial charge in [-0.2, -0.15) is 0 Å². The van der Waals surface area contributed by atoms with Gasteiger partial charge in [0.2, 0.25) is 0 Å². The molecule has 0 saturated heterocycles. The molecule has 1 aliphatic rings. The highest BCUT2D eigenvalue weighted by atomic mass is 19.1. The maximum atomic E-state index is 14.7. The van der Waals surface area contributed by atoms with Crippen molar-refractivity contribution in [3.8, 4) is 0 Å². The number of alkyl halides is 1. The molecule has 0 radical (unpaired) electrons. The largest absolute Gasteiger partial charge is 0.399 e. The quantitative estimate of drug-likeness (QED) is 0.620. The zero-order valence-corrected chi connectivity index (χ0v) is 8.73. The van der Waals surface area contributed by atoms with Gasteiger partial charge < -0.3 is 17.2 Å². The lowest BCUT2D eigenvalue weighted by Gasteiger charge is -2.30. The molecule has 2 rings (SSSR count). The summed E-state index contributed by atoms with van der Waals surface area (Å²) in [4.78, 5) is 0. The molecule has 6 N–H and O–H groups in total. The number of nitrogen functional groups attached to an aromatic ring is 1. The molecule has 0 spiro atoms. The van der Waals surface area contributed by atoms with Crippen LogP contribution in [0.5, 0.6) is 0 Å². The van der Waals surface area contributed by atoms with Gasteiger partial charge >= 0.3 is 0 Å². The number of allylic oxidation sites excluding steroid dienone is 1. The van der Waals surface area contributed by atoms with Crippen molar-refractivity contribution >= 4 is 5.69 Å². The predicted molar refractivity (Wildman–Crippen MR) is 63.0 cm³/mol. The highest BCUT2D eigenvalue weighted by molar-refractivity contribution is 5.45. The molecule has 84 valence electrons. The first kappa shape index (κ1) is 10.7. The summed E-state index contributed by atoms with van der Waals surface area (Å²) >= 11 is 0. The number of halogens is 1. The Morgan fingerprint density at radius 3 is 2.38 bits per heavy atom. The highest BCUT2D eigenvalue weighted by Gasteiger charge is 2.37. The average molecular weight is 219 g/mol. The molecule has 16 heavy (non-hydrogen) atoms. The van der Waals surface area contributed by atoms with Crippen molar-refractivity contribution in [3.05, 3.63) is 53.8 Å². The number of nitrogens with two attached hydrogens (primary N) is 3. The van der Waals surface area contributed by atoms with E-state index in [-0.39, 0.29) is 0 Å².